The highest BCUT2D eigenvalue weighted by molar-refractivity contribution is 5.97. The molecule has 2 heterocycles. The number of hydrogen-bond acceptors (Lipinski definition) is 6. The number of fused-ring (bicyclic) bond motifs is 2. The Bertz CT molecular complexity index is 1030. The zero-order chi connectivity index (χ0) is 20.4. The topological polar surface area (TPSA) is 74.0 Å². The van der Waals surface area contributed by atoms with Gasteiger partial charge in [0.15, 0.2) is 23.0 Å². The Labute approximate surface area is 169 Å². The van der Waals surface area contributed by atoms with Gasteiger partial charge in [0.05, 0.1) is 12.6 Å². The second kappa shape index (κ2) is 8.13. The quantitative estimate of drug-likeness (QED) is 0.634. The monoisotopic (exact) mass is 396 g/mol. The molecule has 0 saturated carbocycles. The molecule has 0 fully saturated rings. The highest BCUT2D eigenvalue weighted by atomic mass is 16.6. The van der Waals surface area contributed by atoms with Crippen LogP contribution in [0.4, 0.5) is 0 Å². The summed E-state index contributed by atoms with van der Waals surface area (Å²) in [5.41, 5.74) is 2.86. The smallest absolute Gasteiger partial charge is 0.254 e. The minimum atomic E-state index is -0.138. The third-order valence-electron chi connectivity index (χ3n) is 5.15. The zero-order valence-electron chi connectivity index (χ0n) is 16.8. The number of carbonyl (C=O) groups excluding carboxylic acids is 1. The number of nitrogens with zero attached hydrogens (tertiary/aromatic N) is 2. The third-order valence-corrected chi connectivity index (χ3v) is 5.15. The van der Waals surface area contributed by atoms with Crippen molar-refractivity contribution in [3.8, 4) is 11.5 Å². The Morgan fingerprint density at radius 2 is 1.97 bits per heavy atom. The zero-order valence-corrected chi connectivity index (χ0v) is 16.8. The van der Waals surface area contributed by atoms with Crippen LogP contribution >= 0.6 is 0 Å². The number of aromatic nitrogens is 1. The Hall–Kier alpha value is -3.06. The van der Waals surface area contributed by atoms with Gasteiger partial charge in [0, 0.05) is 26.1 Å². The van der Waals surface area contributed by atoms with Crippen LogP contribution in [0, 0.1) is 0 Å². The molecular weight excluding hydrogens is 372 g/mol. The van der Waals surface area contributed by atoms with Crippen molar-refractivity contribution in [3.63, 3.8) is 0 Å². The lowest BCUT2D eigenvalue weighted by Gasteiger charge is -2.27. The van der Waals surface area contributed by atoms with E-state index in [0.717, 1.165) is 16.8 Å². The van der Waals surface area contributed by atoms with Crippen LogP contribution in [0.5, 0.6) is 11.5 Å². The molecule has 152 valence electrons. The lowest BCUT2D eigenvalue weighted by atomic mass is 10.0. The number of rotatable bonds is 6. The first-order valence-corrected chi connectivity index (χ1v) is 9.62. The van der Waals surface area contributed by atoms with Crippen LogP contribution < -0.4 is 9.47 Å². The molecular formula is C22H24N2O5. The van der Waals surface area contributed by atoms with Crippen molar-refractivity contribution in [1.29, 1.82) is 0 Å². The normalized spacial score (nSPS) is 14.0. The first-order chi connectivity index (χ1) is 14.1. The highest BCUT2D eigenvalue weighted by Crippen LogP contribution is 2.34. The first-order valence-electron chi connectivity index (χ1n) is 9.62. The summed E-state index contributed by atoms with van der Waals surface area (Å²) >= 11 is 0. The van der Waals surface area contributed by atoms with Crippen LogP contribution in [-0.4, -0.2) is 49.8 Å². The lowest BCUT2D eigenvalue weighted by molar-refractivity contribution is 0.0742. The molecule has 1 aliphatic heterocycles. The Morgan fingerprint density at radius 1 is 1.17 bits per heavy atom. The van der Waals surface area contributed by atoms with Crippen LogP contribution in [0.1, 0.15) is 34.8 Å². The summed E-state index contributed by atoms with van der Waals surface area (Å²) in [6, 6.07) is 11.0. The average Bonchev–Trinajstić information content (AvgIpc) is 3.17. The second-order valence-electron chi connectivity index (χ2n) is 7.03. The van der Waals surface area contributed by atoms with Gasteiger partial charge in [-0.15, -0.1) is 0 Å². The summed E-state index contributed by atoms with van der Waals surface area (Å²) in [5.74, 6) is 1.96. The number of benzene rings is 2. The molecule has 0 saturated heterocycles. The van der Waals surface area contributed by atoms with Crippen molar-refractivity contribution < 1.29 is 23.4 Å². The molecule has 0 spiro atoms. The van der Waals surface area contributed by atoms with Crippen molar-refractivity contribution in [1.82, 2.24) is 9.88 Å². The molecule has 29 heavy (non-hydrogen) atoms. The van der Waals surface area contributed by atoms with E-state index in [2.05, 4.69) is 4.98 Å². The first kappa shape index (κ1) is 19.3. The fraction of sp³-hybridized carbons (Fsp3) is 0.364. The van der Waals surface area contributed by atoms with Crippen LogP contribution in [0.2, 0.25) is 0 Å². The third kappa shape index (κ3) is 3.91. The van der Waals surface area contributed by atoms with Crippen molar-refractivity contribution >= 4 is 17.0 Å². The molecule has 0 N–H and O–H groups in total. The molecule has 1 aliphatic rings. The summed E-state index contributed by atoms with van der Waals surface area (Å²) in [6.45, 7) is 3.61. The van der Waals surface area contributed by atoms with Crippen molar-refractivity contribution in [3.05, 3.63) is 53.4 Å². The second-order valence-corrected chi connectivity index (χ2v) is 7.03. The molecule has 3 aromatic rings. The Kier molecular flexibility index (Phi) is 5.40. The number of amides is 1. The summed E-state index contributed by atoms with van der Waals surface area (Å²) < 4.78 is 22.1. The van der Waals surface area contributed by atoms with Gasteiger partial charge in [-0.25, -0.2) is 4.98 Å². The molecule has 1 amide bonds. The van der Waals surface area contributed by atoms with Crippen LogP contribution in [0.15, 0.2) is 40.8 Å². The van der Waals surface area contributed by atoms with Gasteiger partial charge >= 0.3 is 0 Å². The maximum absolute atomic E-state index is 13.1. The molecule has 2 aromatic carbocycles. The van der Waals surface area contributed by atoms with E-state index in [1.165, 1.54) is 0 Å². The van der Waals surface area contributed by atoms with Gasteiger partial charge in [0.1, 0.15) is 18.7 Å². The van der Waals surface area contributed by atoms with Gasteiger partial charge in [-0.05, 0) is 42.8 Å². The minimum Gasteiger partial charge on any atom is -0.486 e. The Morgan fingerprint density at radius 3 is 2.76 bits per heavy atom. The standard InChI is InChI=1S/C22H24N2O5/c1-14(15-5-7-18-20(12-15)28-11-10-27-18)24(2)22(25)16-4-6-17-19(13-16)29-21(23-17)8-9-26-3/h4-7,12-14H,8-11H2,1-3H3/t14-/m0/s1. The Balaban J connectivity index is 1.53. The molecule has 0 bridgehead atoms. The maximum atomic E-state index is 13.1. The van der Waals surface area contributed by atoms with Crippen LogP contribution in [0.25, 0.3) is 11.1 Å². The predicted molar refractivity (Wildman–Crippen MR) is 108 cm³/mol. The molecule has 7 nitrogen and oxygen atoms in total. The van der Waals surface area contributed by atoms with Gasteiger partial charge in [-0.1, -0.05) is 6.07 Å². The van der Waals surface area contributed by atoms with E-state index in [0.29, 0.717) is 49.0 Å². The molecule has 0 unspecified atom stereocenters. The van der Waals surface area contributed by atoms with E-state index in [4.69, 9.17) is 18.6 Å². The molecule has 0 radical (unpaired) electrons. The molecule has 1 aromatic heterocycles. The van der Waals surface area contributed by atoms with Crippen molar-refractivity contribution in [2.24, 2.45) is 0 Å². The average molecular weight is 396 g/mol. The lowest BCUT2D eigenvalue weighted by Crippen LogP contribution is -2.29. The van der Waals surface area contributed by atoms with Gasteiger partial charge in [0.25, 0.3) is 5.91 Å². The number of hydrogen-bond donors (Lipinski definition) is 0. The fourth-order valence-electron chi connectivity index (χ4n) is 3.32. The molecule has 1 atom stereocenters. The van der Waals surface area contributed by atoms with Crippen LogP contribution in [-0.2, 0) is 11.2 Å². The number of oxazole rings is 1. The summed E-state index contributed by atoms with van der Waals surface area (Å²) in [4.78, 5) is 19.2. The number of methoxy groups -OCH3 is 1. The van der Waals surface area contributed by atoms with Gasteiger partial charge in [0.2, 0.25) is 0 Å². The highest BCUT2D eigenvalue weighted by Gasteiger charge is 2.22. The van der Waals surface area contributed by atoms with E-state index in [9.17, 15) is 4.79 Å². The van der Waals surface area contributed by atoms with Gasteiger partial charge < -0.3 is 23.5 Å². The SMILES string of the molecule is COCCc1nc2ccc(C(=O)N(C)[C@@H](C)c3ccc4c(c3)OCCO4)cc2o1. The van der Waals surface area contributed by atoms with Gasteiger partial charge in [-0.2, -0.15) is 0 Å². The van der Waals surface area contributed by atoms with Crippen molar-refractivity contribution in [2.75, 3.05) is 34.0 Å². The van der Waals surface area contributed by atoms with Gasteiger partial charge in [-0.3, -0.25) is 4.79 Å². The molecule has 0 aliphatic carbocycles. The minimum absolute atomic E-state index is 0.0934. The summed E-state index contributed by atoms with van der Waals surface area (Å²) in [6.07, 6.45) is 0.593. The predicted octanol–water partition coefficient (Wildman–Crippen LogP) is 3.62. The largest absolute Gasteiger partial charge is 0.486 e. The molecule has 7 heteroatoms. The van der Waals surface area contributed by atoms with E-state index in [1.54, 1.807) is 31.2 Å². The number of carbonyl (C=O) groups is 1. The maximum Gasteiger partial charge on any atom is 0.254 e. The fourth-order valence-corrected chi connectivity index (χ4v) is 3.32. The van der Waals surface area contributed by atoms with E-state index >= 15 is 0 Å². The molecule has 4 rings (SSSR count). The van der Waals surface area contributed by atoms with Crippen LogP contribution in [0.3, 0.4) is 0 Å². The number of ether oxygens (including phenoxy) is 3. The van der Waals surface area contributed by atoms with Crippen molar-refractivity contribution in [2.45, 2.75) is 19.4 Å². The van der Waals surface area contributed by atoms with E-state index in [1.807, 2.05) is 31.2 Å². The van der Waals surface area contributed by atoms with E-state index < -0.39 is 0 Å². The summed E-state index contributed by atoms with van der Waals surface area (Å²) in [5, 5.41) is 0. The summed E-state index contributed by atoms with van der Waals surface area (Å²) in [7, 11) is 3.43. The van der Waals surface area contributed by atoms with E-state index in [-0.39, 0.29) is 11.9 Å².